The first-order valence-electron chi connectivity index (χ1n) is 8.34. The summed E-state index contributed by atoms with van der Waals surface area (Å²) in [6, 6.07) is 9.52. The summed E-state index contributed by atoms with van der Waals surface area (Å²) in [4.78, 5) is 19.0. The summed E-state index contributed by atoms with van der Waals surface area (Å²) < 4.78 is 10.6. The number of piperazine rings is 1. The van der Waals surface area contributed by atoms with E-state index in [1.54, 1.807) is 20.4 Å². The van der Waals surface area contributed by atoms with Gasteiger partial charge in [-0.15, -0.1) is 0 Å². The van der Waals surface area contributed by atoms with Gasteiger partial charge in [-0.2, -0.15) is 0 Å². The molecule has 0 radical (unpaired) electrons. The van der Waals surface area contributed by atoms with Gasteiger partial charge in [0.25, 0.3) is 0 Å². The molecular weight excluding hydrogens is 318 g/mol. The minimum absolute atomic E-state index is 0.00935. The minimum Gasteiger partial charge on any atom is -0.493 e. The van der Waals surface area contributed by atoms with Crippen molar-refractivity contribution in [1.29, 1.82) is 0 Å². The maximum Gasteiger partial charge on any atom is 0.227 e. The molecule has 1 aliphatic heterocycles. The molecule has 0 spiro atoms. The molecule has 3 rings (SSSR count). The fourth-order valence-electron chi connectivity index (χ4n) is 3.14. The fourth-order valence-corrected chi connectivity index (χ4v) is 3.14. The predicted molar refractivity (Wildman–Crippen MR) is 94.8 cm³/mol. The molecule has 1 N–H and O–H groups in total. The normalized spacial score (nSPS) is 17.2. The number of methoxy groups -OCH3 is 2. The van der Waals surface area contributed by atoms with Crippen LogP contribution in [0.15, 0.2) is 42.7 Å². The molecule has 2 heterocycles. The number of carbonyl (C=O) groups is 1. The molecule has 1 unspecified atom stereocenters. The van der Waals surface area contributed by atoms with Gasteiger partial charge < -0.3 is 19.7 Å². The third kappa shape index (κ3) is 3.91. The number of ether oxygens (including phenoxy) is 2. The van der Waals surface area contributed by atoms with E-state index < -0.39 is 0 Å². The Hall–Kier alpha value is -2.60. The second kappa shape index (κ2) is 7.98. The van der Waals surface area contributed by atoms with Gasteiger partial charge in [0.15, 0.2) is 11.5 Å². The zero-order valence-corrected chi connectivity index (χ0v) is 14.6. The van der Waals surface area contributed by atoms with Crippen molar-refractivity contribution in [3.05, 3.63) is 53.9 Å². The molecule has 1 saturated heterocycles. The molecule has 1 aliphatic rings. The van der Waals surface area contributed by atoms with Gasteiger partial charge in [0.05, 0.1) is 26.7 Å². The highest BCUT2D eigenvalue weighted by molar-refractivity contribution is 5.79. The first-order chi connectivity index (χ1) is 12.2. The number of nitrogens with zero attached hydrogens (tertiary/aromatic N) is 2. The third-order valence-corrected chi connectivity index (χ3v) is 4.44. The summed E-state index contributed by atoms with van der Waals surface area (Å²) in [6.45, 7) is 2.23. The topological polar surface area (TPSA) is 63.7 Å². The van der Waals surface area contributed by atoms with Crippen molar-refractivity contribution in [2.24, 2.45) is 0 Å². The lowest BCUT2D eigenvalue weighted by Gasteiger charge is -2.36. The molecule has 6 nitrogen and oxygen atoms in total. The summed E-state index contributed by atoms with van der Waals surface area (Å²) in [5.74, 6) is 1.40. The molecule has 1 atom stereocenters. The summed E-state index contributed by atoms with van der Waals surface area (Å²) in [5, 5.41) is 3.36. The van der Waals surface area contributed by atoms with Crippen LogP contribution in [0.5, 0.6) is 11.5 Å². The molecule has 0 bridgehead atoms. The molecule has 1 amide bonds. The van der Waals surface area contributed by atoms with Gasteiger partial charge in [-0.1, -0.05) is 12.1 Å². The van der Waals surface area contributed by atoms with E-state index >= 15 is 0 Å². The SMILES string of the molecule is COc1ccc(CC(=O)N2CCNCC2c2cccnc2)cc1OC. The predicted octanol–water partition coefficient (Wildman–Crippen LogP) is 1.81. The standard InChI is InChI=1S/C19H23N3O3/c1-24-17-6-5-14(10-18(17)25-2)11-19(23)22-9-8-21-13-16(22)15-4-3-7-20-12-15/h3-7,10,12,16,21H,8-9,11,13H2,1-2H3. The molecule has 132 valence electrons. The number of nitrogens with one attached hydrogen (secondary N) is 1. The number of pyridine rings is 1. The highest BCUT2D eigenvalue weighted by Gasteiger charge is 2.28. The van der Waals surface area contributed by atoms with Crippen LogP contribution in [0.3, 0.4) is 0 Å². The first kappa shape index (κ1) is 17.2. The van der Waals surface area contributed by atoms with Crippen LogP contribution in [0.2, 0.25) is 0 Å². The van der Waals surface area contributed by atoms with Crippen LogP contribution in [0.1, 0.15) is 17.2 Å². The zero-order chi connectivity index (χ0) is 17.6. The zero-order valence-electron chi connectivity index (χ0n) is 14.6. The Morgan fingerprint density at radius 1 is 1.28 bits per heavy atom. The van der Waals surface area contributed by atoms with Gasteiger partial charge in [0.2, 0.25) is 5.91 Å². The average Bonchev–Trinajstić information content (AvgIpc) is 2.68. The van der Waals surface area contributed by atoms with E-state index in [0.717, 1.165) is 24.2 Å². The Morgan fingerprint density at radius 3 is 2.84 bits per heavy atom. The van der Waals surface area contributed by atoms with Crippen LogP contribution in [-0.4, -0.2) is 49.6 Å². The van der Waals surface area contributed by atoms with Gasteiger partial charge in [0.1, 0.15) is 0 Å². The lowest BCUT2D eigenvalue weighted by atomic mass is 10.0. The van der Waals surface area contributed by atoms with Crippen molar-refractivity contribution in [2.75, 3.05) is 33.9 Å². The van der Waals surface area contributed by atoms with Gasteiger partial charge >= 0.3 is 0 Å². The first-order valence-corrected chi connectivity index (χ1v) is 8.34. The number of amides is 1. The van der Waals surface area contributed by atoms with Gasteiger partial charge in [0, 0.05) is 32.0 Å². The third-order valence-electron chi connectivity index (χ3n) is 4.44. The molecule has 6 heteroatoms. The van der Waals surface area contributed by atoms with Crippen LogP contribution >= 0.6 is 0 Å². The second-order valence-corrected chi connectivity index (χ2v) is 5.96. The molecular formula is C19H23N3O3. The van der Waals surface area contributed by atoms with Crippen LogP contribution in [0.25, 0.3) is 0 Å². The van der Waals surface area contributed by atoms with E-state index in [0.29, 0.717) is 24.5 Å². The smallest absolute Gasteiger partial charge is 0.227 e. The van der Waals surface area contributed by atoms with Crippen LogP contribution in [-0.2, 0) is 11.2 Å². The minimum atomic E-state index is 0.00935. The molecule has 0 saturated carbocycles. The van der Waals surface area contributed by atoms with E-state index in [4.69, 9.17) is 9.47 Å². The fraction of sp³-hybridized carbons (Fsp3) is 0.368. The lowest BCUT2D eigenvalue weighted by molar-refractivity contribution is -0.133. The van der Waals surface area contributed by atoms with Crippen molar-refractivity contribution in [3.63, 3.8) is 0 Å². The van der Waals surface area contributed by atoms with Crippen molar-refractivity contribution in [1.82, 2.24) is 15.2 Å². The quantitative estimate of drug-likeness (QED) is 0.899. The summed E-state index contributed by atoms with van der Waals surface area (Å²) in [7, 11) is 3.19. The van der Waals surface area contributed by atoms with Gasteiger partial charge in [-0.25, -0.2) is 0 Å². The van der Waals surface area contributed by atoms with Crippen molar-refractivity contribution in [3.8, 4) is 11.5 Å². The van der Waals surface area contributed by atoms with Crippen molar-refractivity contribution < 1.29 is 14.3 Å². The number of benzene rings is 1. The summed E-state index contributed by atoms with van der Waals surface area (Å²) in [5.41, 5.74) is 1.96. The lowest BCUT2D eigenvalue weighted by Crippen LogP contribution is -2.49. The molecule has 1 fully saturated rings. The molecule has 1 aromatic heterocycles. The van der Waals surface area contributed by atoms with E-state index in [-0.39, 0.29) is 11.9 Å². The van der Waals surface area contributed by atoms with E-state index in [1.165, 1.54) is 0 Å². The van der Waals surface area contributed by atoms with E-state index in [2.05, 4.69) is 10.3 Å². The number of hydrogen-bond acceptors (Lipinski definition) is 5. The van der Waals surface area contributed by atoms with Crippen LogP contribution in [0, 0.1) is 0 Å². The Balaban J connectivity index is 1.77. The van der Waals surface area contributed by atoms with Crippen molar-refractivity contribution in [2.45, 2.75) is 12.5 Å². The van der Waals surface area contributed by atoms with Gasteiger partial charge in [-0.05, 0) is 29.3 Å². The maximum atomic E-state index is 12.9. The van der Waals surface area contributed by atoms with E-state index in [1.807, 2.05) is 41.4 Å². The van der Waals surface area contributed by atoms with Crippen molar-refractivity contribution >= 4 is 5.91 Å². The number of aromatic nitrogens is 1. The average molecular weight is 341 g/mol. The Labute approximate surface area is 147 Å². The molecule has 25 heavy (non-hydrogen) atoms. The van der Waals surface area contributed by atoms with Gasteiger partial charge in [-0.3, -0.25) is 9.78 Å². The highest BCUT2D eigenvalue weighted by atomic mass is 16.5. The Morgan fingerprint density at radius 2 is 2.12 bits per heavy atom. The molecule has 2 aromatic rings. The maximum absolute atomic E-state index is 12.9. The summed E-state index contributed by atoms with van der Waals surface area (Å²) >= 11 is 0. The Bertz CT molecular complexity index is 721. The number of carbonyl (C=O) groups excluding carboxylic acids is 1. The molecule has 1 aromatic carbocycles. The van der Waals surface area contributed by atoms with E-state index in [9.17, 15) is 4.79 Å². The monoisotopic (exact) mass is 341 g/mol. The summed E-state index contributed by atoms with van der Waals surface area (Å²) in [6.07, 6.45) is 3.90. The highest BCUT2D eigenvalue weighted by Crippen LogP contribution is 2.28. The number of hydrogen-bond donors (Lipinski definition) is 1. The molecule has 0 aliphatic carbocycles. The largest absolute Gasteiger partial charge is 0.493 e. The van der Waals surface area contributed by atoms with Crippen LogP contribution < -0.4 is 14.8 Å². The number of rotatable bonds is 5. The van der Waals surface area contributed by atoms with Crippen LogP contribution in [0.4, 0.5) is 0 Å². The second-order valence-electron chi connectivity index (χ2n) is 5.96. The Kier molecular flexibility index (Phi) is 5.50.